The van der Waals surface area contributed by atoms with Gasteiger partial charge >= 0.3 is 18.0 Å². The number of rotatable bonds is 7. The molecule has 0 bridgehead atoms. The van der Waals surface area contributed by atoms with Crippen molar-refractivity contribution < 1.29 is 24.2 Å². The van der Waals surface area contributed by atoms with E-state index in [1.807, 2.05) is 0 Å². The first kappa shape index (κ1) is 17.3. The number of carbonyl (C=O) groups excluding carboxylic acids is 2. The van der Waals surface area contributed by atoms with Crippen molar-refractivity contribution >= 4 is 18.0 Å². The van der Waals surface area contributed by atoms with E-state index in [0.29, 0.717) is 12.5 Å². The third kappa shape index (κ3) is 8.16. The first-order chi connectivity index (χ1) is 9.67. The summed E-state index contributed by atoms with van der Waals surface area (Å²) in [5.41, 5.74) is -0.606. The fraction of sp³-hybridized carbons (Fsp3) is 0.786. The van der Waals surface area contributed by atoms with Gasteiger partial charge in [0.2, 0.25) is 0 Å². The number of carbonyl (C=O) groups is 3. The zero-order valence-electron chi connectivity index (χ0n) is 12.8. The molecule has 7 heteroatoms. The number of aliphatic carboxylic acids is 1. The van der Waals surface area contributed by atoms with Crippen LogP contribution in [-0.2, 0) is 14.3 Å². The molecule has 0 radical (unpaired) electrons. The zero-order valence-corrected chi connectivity index (χ0v) is 12.8. The summed E-state index contributed by atoms with van der Waals surface area (Å²) in [6, 6.07) is -1.62. The van der Waals surface area contributed by atoms with E-state index >= 15 is 0 Å². The topological polar surface area (TPSA) is 105 Å². The number of nitrogens with one attached hydrogen (secondary N) is 2. The van der Waals surface area contributed by atoms with Crippen molar-refractivity contribution in [3.63, 3.8) is 0 Å². The third-order valence-electron chi connectivity index (χ3n) is 2.91. The predicted octanol–water partition coefficient (Wildman–Crippen LogP) is 1.27. The van der Waals surface area contributed by atoms with Gasteiger partial charge in [-0.25, -0.2) is 9.59 Å². The Kier molecular flexibility index (Phi) is 5.99. The standard InChI is InChI=1S/C14H24N2O5/c1-14(2,3)21-11(17)7-6-10(12(18)19)16-13(20)15-8-9-4-5-9/h9-10H,4-8H2,1-3H3,(H,18,19)(H2,15,16,20)/t10-/m1/s1. The summed E-state index contributed by atoms with van der Waals surface area (Å²) >= 11 is 0. The Morgan fingerprint density at radius 2 is 1.90 bits per heavy atom. The molecule has 1 atom stereocenters. The molecular weight excluding hydrogens is 276 g/mol. The molecule has 0 aromatic heterocycles. The van der Waals surface area contributed by atoms with Crippen LogP contribution in [0.5, 0.6) is 0 Å². The number of hydrogen-bond donors (Lipinski definition) is 3. The molecule has 120 valence electrons. The number of amides is 2. The summed E-state index contributed by atoms with van der Waals surface area (Å²) in [5, 5.41) is 14.0. The number of carboxylic acids is 1. The van der Waals surface area contributed by atoms with Crippen molar-refractivity contribution in [1.82, 2.24) is 10.6 Å². The molecule has 21 heavy (non-hydrogen) atoms. The number of hydrogen-bond acceptors (Lipinski definition) is 4. The van der Waals surface area contributed by atoms with E-state index in [9.17, 15) is 14.4 Å². The van der Waals surface area contributed by atoms with Gasteiger partial charge in [-0.3, -0.25) is 4.79 Å². The molecule has 1 fully saturated rings. The highest BCUT2D eigenvalue weighted by atomic mass is 16.6. The quantitative estimate of drug-likeness (QED) is 0.614. The summed E-state index contributed by atoms with van der Waals surface area (Å²) < 4.78 is 5.10. The Morgan fingerprint density at radius 1 is 1.29 bits per heavy atom. The highest BCUT2D eigenvalue weighted by Gasteiger charge is 2.25. The Hall–Kier alpha value is -1.79. The highest BCUT2D eigenvalue weighted by Crippen LogP contribution is 2.27. The van der Waals surface area contributed by atoms with E-state index < -0.39 is 29.6 Å². The van der Waals surface area contributed by atoms with Crippen molar-refractivity contribution in [3.8, 4) is 0 Å². The SMILES string of the molecule is CC(C)(C)OC(=O)CC[C@@H](NC(=O)NCC1CC1)C(=O)O. The molecule has 3 N–H and O–H groups in total. The van der Waals surface area contributed by atoms with Gasteiger partial charge in [-0.15, -0.1) is 0 Å². The maximum atomic E-state index is 11.6. The summed E-state index contributed by atoms with van der Waals surface area (Å²) in [6.07, 6.45) is 2.14. The molecule has 0 aromatic carbocycles. The Balaban J connectivity index is 2.33. The van der Waals surface area contributed by atoms with Crippen LogP contribution in [0.2, 0.25) is 0 Å². The van der Waals surface area contributed by atoms with Crippen LogP contribution in [0.1, 0.15) is 46.5 Å². The van der Waals surface area contributed by atoms with E-state index in [4.69, 9.17) is 9.84 Å². The second kappa shape index (κ2) is 7.28. The van der Waals surface area contributed by atoms with Crippen LogP contribution in [-0.4, -0.2) is 41.3 Å². The van der Waals surface area contributed by atoms with E-state index in [0.717, 1.165) is 12.8 Å². The normalized spacial score (nSPS) is 16.0. The van der Waals surface area contributed by atoms with Crippen LogP contribution >= 0.6 is 0 Å². The van der Waals surface area contributed by atoms with Gasteiger partial charge in [0.15, 0.2) is 0 Å². The molecule has 1 aliphatic rings. The molecular formula is C14H24N2O5. The van der Waals surface area contributed by atoms with Gasteiger partial charge in [0.25, 0.3) is 0 Å². The van der Waals surface area contributed by atoms with Crippen LogP contribution in [0.15, 0.2) is 0 Å². The molecule has 1 aliphatic carbocycles. The maximum absolute atomic E-state index is 11.6. The smallest absolute Gasteiger partial charge is 0.326 e. The van der Waals surface area contributed by atoms with Crippen LogP contribution in [0.4, 0.5) is 4.79 Å². The van der Waals surface area contributed by atoms with Gasteiger partial charge in [0.05, 0.1) is 0 Å². The van der Waals surface area contributed by atoms with Crippen molar-refractivity contribution in [2.24, 2.45) is 5.92 Å². The largest absolute Gasteiger partial charge is 0.480 e. The average Bonchev–Trinajstić information content (AvgIpc) is 3.13. The van der Waals surface area contributed by atoms with Gasteiger partial charge in [-0.2, -0.15) is 0 Å². The zero-order chi connectivity index (χ0) is 16.0. The molecule has 1 rings (SSSR count). The van der Waals surface area contributed by atoms with Crippen molar-refractivity contribution in [1.29, 1.82) is 0 Å². The van der Waals surface area contributed by atoms with E-state index in [-0.39, 0.29) is 12.8 Å². The summed E-state index contributed by atoms with van der Waals surface area (Å²) in [5.74, 6) is -1.13. The third-order valence-corrected chi connectivity index (χ3v) is 2.91. The van der Waals surface area contributed by atoms with Crippen molar-refractivity contribution in [3.05, 3.63) is 0 Å². The lowest BCUT2D eigenvalue weighted by atomic mass is 10.1. The average molecular weight is 300 g/mol. The van der Waals surface area contributed by atoms with Crippen LogP contribution in [0.3, 0.4) is 0 Å². The van der Waals surface area contributed by atoms with Gasteiger partial charge in [-0.05, 0) is 46.0 Å². The fourth-order valence-electron chi connectivity index (χ4n) is 1.68. The minimum Gasteiger partial charge on any atom is -0.480 e. The number of ether oxygens (including phenoxy) is 1. The maximum Gasteiger partial charge on any atom is 0.326 e. The van der Waals surface area contributed by atoms with Gasteiger partial charge < -0.3 is 20.5 Å². The second-order valence-corrected chi connectivity index (χ2v) is 6.31. The number of esters is 1. The number of urea groups is 1. The summed E-state index contributed by atoms with van der Waals surface area (Å²) in [6.45, 7) is 5.78. The monoisotopic (exact) mass is 300 g/mol. The molecule has 7 nitrogen and oxygen atoms in total. The lowest BCUT2D eigenvalue weighted by Gasteiger charge is -2.20. The van der Waals surface area contributed by atoms with Gasteiger partial charge in [0.1, 0.15) is 11.6 Å². The highest BCUT2D eigenvalue weighted by molar-refractivity contribution is 5.83. The van der Waals surface area contributed by atoms with Crippen molar-refractivity contribution in [2.45, 2.75) is 58.1 Å². The minimum absolute atomic E-state index is 0.00109. The Bertz CT molecular complexity index is 399. The molecule has 2 amide bonds. The van der Waals surface area contributed by atoms with E-state index in [1.165, 1.54) is 0 Å². The lowest BCUT2D eigenvalue weighted by Crippen LogP contribution is -2.46. The molecule has 0 spiro atoms. The Labute approximate surface area is 124 Å². The lowest BCUT2D eigenvalue weighted by molar-refractivity contribution is -0.155. The fourth-order valence-corrected chi connectivity index (χ4v) is 1.68. The van der Waals surface area contributed by atoms with Gasteiger partial charge in [-0.1, -0.05) is 0 Å². The van der Waals surface area contributed by atoms with Crippen LogP contribution < -0.4 is 10.6 Å². The molecule has 0 unspecified atom stereocenters. The Morgan fingerprint density at radius 3 is 2.38 bits per heavy atom. The van der Waals surface area contributed by atoms with Crippen LogP contribution in [0.25, 0.3) is 0 Å². The van der Waals surface area contributed by atoms with Crippen molar-refractivity contribution in [2.75, 3.05) is 6.54 Å². The summed E-state index contributed by atoms with van der Waals surface area (Å²) in [7, 11) is 0. The second-order valence-electron chi connectivity index (χ2n) is 6.31. The molecule has 1 saturated carbocycles. The first-order valence-corrected chi connectivity index (χ1v) is 7.16. The van der Waals surface area contributed by atoms with Gasteiger partial charge in [0, 0.05) is 13.0 Å². The number of carboxylic acid groups (broad SMARTS) is 1. The molecule has 0 aromatic rings. The first-order valence-electron chi connectivity index (χ1n) is 7.16. The summed E-state index contributed by atoms with van der Waals surface area (Å²) in [4.78, 5) is 34.2. The van der Waals surface area contributed by atoms with E-state index in [1.54, 1.807) is 20.8 Å². The molecule has 0 saturated heterocycles. The van der Waals surface area contributed by atoms with Crippen LogP contribution in [0, 0.1) is 5.92 Å². The predicted molar refractivity (Wildman–Crippen MR) is 75.8 cm³/mol. The minimum atomic E-state index is -1.17. The van der Waals surface area contributed by atoms with E-state index in [2.05, 4.69) is 10.6 Å². The molecule has 0 aliphatic heterocycles. The molecule has 0 heterocycles.